The highest BCUT2D eigenvalue weighted by Crippen LogP contribution is 2.60. The molecule has 0 radical (unpaired) electrons. The van der Waals surface area contributed by atoms with Crippen molar-refractivity contribution in [2.75, 3.05) is 12.4 Å². The smallest absolute Gasteiger partial charge is 0.282 e. The van der Waals surface area contributed by atoms with E-state index < -0.39 is 15.2 Å². The third-order valence-electron chi connectivity index (χ3n) is 6.88. The Morgan fingerprint density at radius 2 is 1.75 bits per heavy atom. The summed E-state index contributed by atoms with van der Waals surface area (Å²) in [6.45, 7) is 0. The summed E-state index contributed by atoms with van der Waals surface area (Å²) in [5, 5.41) is 26.8. The Morgan fingerprint density at radius 3 is 2.44 bits per heavy atom. The van der Waals surface area contributed by atoms with Gasteiger partial charge in [0.1, 0.15) is 5.75 Å². The lowest BCUT2D eigenvalue weighted by Crippen LogP contribution is -2.31. The van der Waals surface area contributed by atoms with E-state index in [2.05, 4.69) is 5.32 Å². The first kappa shape index (κ1) is 24.7. The van der Waals surface area contributed by atoms with Crippen LogP contribution in [0.15, 0.2) is 65.6 Å². The predicted molar refractivity (Wildman–Crippen MR) is 141 cm³/mol. The molecule has 2 aliphatic rings. The molecule has 0 bridgehead atoms. The third kappa shape index (κ3) is 4.25. The summed E-state index contributed by atoms with van der Waals surface area (Å²) in [6, 6.07) is 16.9. The van der Waals surface area contributed by atoms with Gasteiger partial charge in [0.25, 0.3) is 11.4 Å². The van der Waals surface area contributed by atoms with Crippen LogP contribution in [-0.2, 0) is 0 Å². The van der Waals surface area contributed by atoms with Crippen LogP contribution in [0.4, 0.5) is 17.1 Å². The molecule has 1 aliphatic heterocycles. The first-order valence-corrected chi connectivity index (χ1v) is 12.9. The topological polar surface area (TPSA) is 108 Å². The molecule has 5 atom stereocenters. The lowest BCUT2D eigenvalue weighted by Gasteiger charge is -2.39. The number of anilines is 1. The maximum Gasteiger partial charge on any atom is 0.282 e. The number of fused-ring (bicyclic) bond motifs is 3. The van der Waals surface area contributed by atoms with Crippen LogP contribution in [0, 0.1) is 26.1 Å². The number of thioether (sulfide) groups is 1. The largest absolute Gasteiger partial charge is 0.494 e. The Bertz CT molecular complexity index is 1360. The minimum Gasteiger partial charge on any atom is -0.494 e. The van der Waals surface area contributed by atoms with Crippen LogP contribution < -0.4 is 10.1 Å². The fourth-order valence-corrected chi connectivity index (χ4v) is 7.54. The Hall–Kier alpha value is -3.01. The monoisotopic (exact) mass is 545 g/mol. The molecule has 0 saturated heterocycles. The van der Waals surface area contributed by atoms with E-state index in [-0.39, 0.29) is 34.5 Å². The van der Waals surface area contributed by atoms with Crippen molar-refractivity contribution in [1.29, 1.82) is 0 Å². The van der Waals surface area contributed by atoms with Crippen molar-refractivity contribution < 1.29 is 14.6 Å². The molecule has 0 aromatic heterocycles. The Balaban J connectivity index is 1.62. The Kier molecular flexibility index (Phi) is 6.72. The van der Waals surface area contributed by atoms with E-state index in [0.717, 1.165) is 5.56 Å². The summed E-state index contributed by atoms with van der Waals surface area (Å²) < 4.78 is 5.54. The van der Waals surface area contributed by atoms with Gasteiger partial charge in [-0.05, 0) is 35.6 Å². The Labute approximate surface area is 221 Å². The first-order valence-electron chi connectivity index (χ1n) is 11.2. The molecule has 1 heterocycles. The third-order valence-corrected chi connectivity index (χ3v) is 9.34. The molecule has 36 heavy (non-hydrogen) atoms. The second kappa shape index (κ2) is 9.80. The minimum absolute atomic E-state index is 0.0275. The fraction of sp³-hybridized carbons (Fsp3) is 0.280. The van der Waals surface area contributed by atoms with Crippen molar-refractivity contribution >= 4 is 52.0 Å². The van der Waals surface area contributed by atoms with E-state index in [1.165, 1.54) is 31.0 Å². The number of ether oxygens (including phenoxy) is 1. The summed E-state index contributed by atoms with van der Waals surface area (Å²) in [5.41, 5.74) is 2.19. The number of benzene rings is 3. The standard InChI is InChI=1S/C25H21Cl2N3O5S/c1-35-19-11-13(29(31)32)10-15-22-16(24(28-25(15)19)14-6-2-3-7-17(14)26)12-21(23(22)27)36-20-9-5-4-8-18(20)30(33)34/h2-11,16,21-24,28H,12H2,1H3. The lowest BCUT2D eigenvalue weighted by molar-refractivity contribution is -0.387. The normalized spacial score (nSPS) is 24.4. The molecule has 0 amide bonds. The second-order valence-electron chi connectivity index (χ2n) is 8.76. The molecular weight excluding hydrogens is 525 g/mol. The predicted octanol–water partition coefficient (Wildman–Crippen LogP) is 7.20. The molecule has 1 N–H and O–H groups in total. The van der Waals surface area contributed by atoms with Gasteiger partial charge in [-0.3, -0.25) is 20.2 Å². The van der Waals surface area contributed by atoms with Gasteiger partial charge in [0.2, 0.25) is 0 Å². The van der Waals surface area contributed by atoms with Gasteiger partial charge in [0.15, 0.2) is 0 Å². The number of rotatable bonds is 6. The summed E-state index contributed by atoms with van der Waals surface area (Å²) in [7, 11) is 1.47. The average Bonchev–Trinajstić information content (AvgIpc) is 3.19. The van der Waals surface area contributed by atoms with Crippen LogP contribution in [-0.4, -0.2) is 27.6 Å². The zero-order valence-corrected chi connectivity index (χ0v) is 21.3. The summed E-state index contributed by atoms with van der Waals surface area (Å²) in [5.74, 6) is 0.0264. The maximum absolute atomic E-state index is 11.7. The highest BCUT2D eigenvalue weighted by Gasteiger charge is 2.51. The van der Waals surface area contributed by atoms with Gasteiger partial charge in [-0.1, -0.05) is 41.9 Å². The number of hydrogen-bond donors (Lipinski definition) is 1. The number of methoxy groups -OCH3 is 1. The molecule has 1 saturated carbocycles. The number of nitrogens with one attached hydrogen (secondary N) is 1. The molecule has 186 valence electrons. The zero-order valence-electron chi connectivity index (χ0n) is 19.0. The van der Waals surface area contributed by atoms with Crippen LogP contribution in [0.25, 0.3) is 0 Å². The van der Waals surface area contributed by atoms with Gasteiger partial charge < -0.3 is 10.1 Å². The van der Waals surface area contributed by atoms with Crippen molar-refractivity contribution in [1.82, 2.24) is 0 Å². The van der Waals surface area contributed by atoms with Gasteiger partial charge in [-0.15, -0.1) is 23.4 Å². The highest BCUT2D eigenvalue weighted by atomic mass is 35.5. The van der Waals surface area contributed by atoms with E-state index in [0.29, 0.717) is 33.3 Å². The Morgan fingerprint density at radius 1 is 1.03 bits per heavy atom. The molecule has 3 aromatic carbocycles. The van der Waals surface area contributed by atoms with Crippen molar-refractivity contribution in [3.05, 3.63) is 97.0 Å². The SMILES string of the molecule is COc1cc([N+](=O)[O-])cc2c1NC(c1ccccc1Cl)C1CC(Sc3ccccc3[N+](=O)[O-])C(Cl)C21. The molecule has 3 aromatic rings. The number of para-hydroxylation sites is 1. The molecule has 5 unspecified atom stereocenters. The number of hydrogen-bond acceptors (Lipinski definition) is 7. The van der Waals surface area contributed by atoms with Crippen molar-refractivity contribution in [3.63, 3.8) is 0 Å². The molecular formula is C25H21Cl2N3O5S. The van der Waals surface area contributed by atoms with Crippen LogP contribution in [0.2, 0.25) is 5.02 Å². The number of nitrogens with zero attached hydrogens (tertiary/aromatic N) is 2. The van der Waals surface area contributed by atoms with Gasteiger partial charge >= 0.3 is 0 Å². The van der Waals surface area contributed by atoms with Gasteiger partial charge in [0.05, 0.1) is 45.0 Å². The molecule has 1 aliphatic carbocycles. The number of non-ortho nitro benzene ring substituents is 1. The summed E-state index contributed by atoms with van der Waals surface area (Å²) in [4.78, 5) is 23.0. The van der Waals surface area contributed by atoms with Crippen LogP contribution in [0.5, 0.6) is 5.75 Å². The number of nitro groups is 2. The summed E-state index contributed by atoms with van der Waals surface area (Å²) >= 11 is 15.1. The first-order chi connectivity index (χ1) is 17.3. The average molecular weight is 546 g/mol. The van der Waals surface area contributed by atoms with Crippen molar-refractivity contribution in [2.24, 2.45) is 5.92 Å². The fourth-order valence-electron chi connectivity index (χ4n) is 5.35. The van der Waals surface area contributed by atoms with Crippen molar-refractivity contribution in [2.45, 2.75) is 33.9 Å². The van der Waals surface area contributed by atoms with Gasteiger partial charge in [-0.2, -0.15) is 0 Å². The maximum atomic E-state index is 11.7. The lowest BCUT2D eigenvalue weighted by atomic mass is 9.77. The zero-order chi connectivity index (χ0) is 25.6. The molecule has 11 heteroatoms. The summed E-state index contributed by atoms with van der Waals surface area (Å²) in [6.07, 6.45) is 0.628. The molecule has 8 nitrogen and oxygen atoms in total. The minimum atomic E-state index is -0.449. The van der Waals surface area contributed by atoms with Gasteiger partial charge in [-0.25, -0.2) is 0 Å². The van der Waals surface area contributed by atoms with E-state index in [9.17, 15) is 20.2 Å². The van der Waals surface area contributed by atoms with Gasteiger partial charge in [0, 0.05) is 28.3 Å². The molecule has 0 spiro atoms. The molecule has 1 fully saturated rings. The van der Waals surface area contributed by atoms with Crippen LogP contribution in [0.3, 0.4) is 0 Å². The van der Waals surface area contributed by atoms with Crippen LogP contribution >= 0.6 is 35.0 Å². The van der Waals surface area contributed by atoms with E-state index in [4.69, 9.17) is 27.9 Å². The quantitative estimate of drug-likeness (QED) is 0.198. The van der Waals surface area contributed by atoms with E-state index in [1.54, 1.807) is 24.3 Å². The molecule has 5 rings (SSSR count). The second-order valence-corrected chi connectivity index (χ2v) is 11.0. The van der Waals surface area contributed by atoms with Crippen molar-refractivity contribution in [3.8, 4) is 5.75 Å². The van der Waals surface area contributed by atoms with E-state index >= 15 is 0 Å². The number of halogens is 2. The van der Waals surface area contributed by atoms with E-state index in [1.807, 2.05) is 24.3 Å². The number of alkyl halides is 1. The highest BCUT2D eigenvalue weighted by molar-refractivity contribution is 8.00. The number of nitro benzene ring substituents is 2. The van der Waals surface area contributed by atoms with Crippen LogP contribution in [0.1, 0.15) is 29.5 Å².